The Morgan fingerprint density at radius 3 is 2.95 bits per heavy atom. The maximum Gasteiger partial charge on any atom is 0.162 e. The third-order valence-electron chi connectivity index (χ3n) is 3.99. The summed E-state index contributed by atoms with van der Waals surface area (Å²) in [6, 6.07) is 2.44. The second-order valence-corrected chi connectivity index (χ2v) is 6.27. The lowest BCUT2D eigenvalue weighted by atomic mass is 9.89. The monoisotopic (exact) mass is 313 g/mol. The van der Waals surface area contributed by atoms with E-state index in [1.807, 2.05) is 0 Å². The zero-order valence-corrected chi connectivity index (χ0v) is 13.4. The molecular weight excluding hydrogens is 294 g/mol. The molecule has 20 heavy (non-hydrogen) atoms. The Labute approximate surface area is 129 Å². The lowest BCUT2D eigenvalue weighted by molar-refractivity contribution is -0.0270. The average Bonchev–Trinajstić information content (AvgIpc) is 2.81. The fraction of sp³-hybridized carbons (Fsp3) is 0.714. The number of anilines is 1. The van der Waals surface area contributed by atoms with E-state index in [0.717, 1.165) is 37.3 Å². The molecule has 0 bridgehead atoms. The first kappa shape index (κ1) is 15.6. The Balaban J connectivity index is 2.01. The number of hydrogen-bond donors (Lipinski definition) is 1. The maximum absolute atomic E-state index is 9.10. The molecule has 1 aliphatic rings. The zero-order valence-electron chi connectivity index (χ0n) is 11.9. The summed E-state index contributed by atoms with van der Waals surface area (Å²) in [6.07, 6.45) is 4.53. The molecule has 6 heteroatoms. The third-order valence-corrected chi connectivity index (χ3v) is 5.14. The van der Waals surface area contributed by atoms with E-state index in [-0.39, 0.29) is 0 Å². The van der Waals surface area contributed by atoms with Crippen molar-refractivity contribution in [3.63, 3.8) is 0 Å². The van der Waals surface area contributed by atoms with Crippen molar-refractivity contribution in [2.45, 2.75) is 51.7 Å². The summed E-state index contributed by atoms with van der Waals surface area (Å²) in [5.74, 6) is 0.611. The predicted octanol–water partition coefficient (Wildman–Crippen LogP) is 4.06. The van der Waals surface area contributed by atoms with Gasteiger partial charge in [0.2, 0.25) is 0 Å². The van der Waals surface area contributed by atoms with E-state index in [4.69, 9.17) is 21.6 Å². The molecule has 0 spiro atoms. The minimum absolute atomic E-state index is 0.295. The molecule has 0 amide bonds. The lowest BCUT2D eigenvalue weighted by Gasteiger charge is -2.34. The molecule has 2 rings (SSSR count). The van der Waals surface area contributed by atoms with Gasteiger partial charge in [-0.2, -0.15) is 9.64 Å². The van der Waals surface area contributed by atoms with Crippen molar-refractivity contribution in [1.82, 2.24) is 4.37 Å². The highest BCUT2D eigenvalue weighted by molar-refractivity contribution is 7.10. The molecule has 4 nitrogen and oxygen atoms in total. The molecular formula is C14H20ClN3OS. The van der Waals surface area contributed by atoms with Gasteiger partial charge in [-0.1, -0.05) is 38.3 Å². The van der Waals surface area contributed by atoms with Gasteiger partial charge in [0, 0.05) is 12.6 Å². The van der Waals surface area contributed by atoms with Crippen molar-refractivity contribution in [2.75, 3.05) is 11.9 Å². The van der Waals surface area contributed by atoms with Crippen molar-refractivity contribution in [2.24, 2.45) is 5.92 Å². The van der Waals surface area contributed by atoms with Gasteiger partial charge in [-0.25, -0.2) is 0 Å². The van der Waals surface area contributed by atoms with E-state index in [1.54, 1.807) is 0 Å². The van der Waals surface area contributed by atoms with E-state index in [2.05, 4.69) is 29.6 Å². The highest BCUT2D eigenvalue weighted by atomic mass is 35.5. The maximum atomic E-state index is 9.10. The molecule has 0 aliphatic carbocycles. The van der Waals surface area contributed by atoms with Gasteiger partial charge in [-0.15, -0.1) is 0 Å². The Hall–Kier alpha value is -0.830. The van der Waals surface area contributed by atoms with Crippen LogP contribution in [-0.4, -0.2) is 23.1 Å². The van der Waals surface area contributed by atoms with Crippen molar-refractivity contribution in [3.05, 3.63) is 10.7 Å². The molecule has 1 saturated heterocycles. The summed E-state index contributed by atoms with van der Waals surface area (Å²) in [5.41, 5.74) is 0.460. The normalized spacial score (nSPS) is 22.8. The second-order valence-electron chi connectivity index (χ2n) is 5.14. The number of nitriles is 1. The molecule has 1 fully saturated rings. The number of rotatable bonds is 5. The molecule has 0 saturated carbocycles. The first-order valence-electron chi connectivity index (χ1n) is 7.12. The number of halogens is 1. The van der Waals surface area contributed by atoms with Crippen LogP contribution in [0.15, 0.2) is 0 Å². The lowest BCUT2D eigenvalue weighted by Crippen LogP contribution is -2.37. The van der Waals surface area contributed by atoms with Crippen molar-refractivity contribution in [3.8, 4) is 6.07 Å². The van der Waals surface area contributed by atoms with Crippen molar-refractivity contribution in [1.29, 1.82) is 5.26 Å². The van der Waals surface area contributed by atoms with Crippen molar-refractivity contribution >= 4 is 28.1 Å². The van der Waals surface area contributed by atoms with Crippen molar-refractivity contribution < 1.29 is 4.74 Å². The van der Waals surface area contributed by atoms with E-state index in [1.165, 1.54) is 11.5 Å². The van der Waals surface area contributed by atoms with Gasteiger partial charge in [0.25, 0.3) is 0 Å². The van der Waals surface area contributed by atoms with Gasteiger partial charge in [0.1, 0.15) is 16.6 Å². The van der Waals surface area contributed by atoms with Gasteiger partial charge in [0.05, 0.1) is 6.10 Å². The molecule has 0 radical (unpaired) electrons. The van der Waals surface area contributed by atoms with Crippen LogP contribution in [0.2, 0.25) is 5.15 Å². The molecule has 110 valence electrons. The summed E-state index contributed by atoms with van der Waals surface area (Å²) < 4.78 is 9.94. The number of ether oxygens (including phenoxy) is 1. The summed E-state index contributed by atoms with van der Waals surface area (Å²) in [4.78, 5) is 0. The summed E-state index contributed by atoms with van der Waals surface area (Å²) in [5, 5.41) is 13.6. The van der Waals surface area contributed by atoms with Gasteiger partial charge < -0.3 is 10.1 Å². The molecule has 1 aromatic heterocycles. The predicted molar refractivity (Wildman–Crippen MR) is 82.3 cm³/mol. The van der Waals surface area contributed by atoms with Gasteiger partial charge in [-0.3, -0.25) is 0 Å². The van der Waals surface area contributed by atoms with Crippen LogP contribution in [-0.2, 0) is 4.74 Å². The Bertz CT molecular complexity index is 481. The van der Waals surface area contributed by atoms with E-state index in [0.29, 0.717) is 28.8 Å². The Kier molecular flexibility index (Phi) is 5.64. The fourth-order valence-corrected chi connectivity index (χ4v) is 3.77. The van der Waals surface area contributed by atoms with Crippen LogP contribution in [0.5, 0.6) is 0 Å². The minimum Gasteiger partial charge on any atom is -0.378 e. The summed E-state index contributed by atoms with van der Waals surface area (Å²) >= 11 is 7.16. The highest BCUT2D eigenvalue weighted by Crippen LogP contribution is 2.31. The number of aromatic nitrogens is 1. The van der Waals surface area contributed by atoms with Crippen LogP contribution in [0, 0.1) is 17.2 Å². The minimum atomic E-state index is 0.295. The van der Waals surface area contributed by atoms with E-state index < -0.39 is 0 Å². The quantitative estimate of drug-likeness (QED) is 0.890. The van der Waals surface area contributed by atoms with Crippen LogP contribution >= 0.6 is 23.1 Å². The molecule has 2 atom stereocenters. The molecule has 2 heterocycles. The first-order valence-corrected chi connectivity index (χ1v) is 8.28. The number of nitrogens with one attached hydrogen (secondary N) is 1. The van der Waals surface area contributed by atoms with Gasteiger partial charge in [0.15, 0.2) is 5.15 Å². The van der Waals surface area contributed by atoms with Crippen LogP contribution in [0.25, 0.3) is 0 Å². The van der Waals surface area contributed by atoms with Crippen LogP contribution in [0.4, 0.5) is 5.00 Å². The largest absolute Gasteiger partial charge is 0.378 e. The van der Waals surface area contributed by atoms with E-state index >= 15 is 0 Å². The van der Waals surface area contributed by atoms with Gasteiger partial charge in [-0.05, 0) is 30.3 Å². The molecule has 1 N–H and O–H groups in total. The van der Waals surface area contributed by atoms with Crippen LogP contribution < -0.4 is 5.32 Å². The van der Waals surface area contributed by atoms with Crippen LogP contribution in [0.3, 0.4) is 0 Å². The smallest absolute Gasteiger partial charge is 0.162 e. The van der Waals surface area contributed by atoms with E-state index in [9.17, 15) is 0 Å². The molecule has 1 aromatic rings. The fourth-order valence-electron chi connectivity index (χ4n) is 2.75. The zero-order chi connectivity index (χ0) is 14.5. The second kappa shape index (κ2) is 7.26. The SMILES string of the molecule is CCC(CC)C1CC(Nc2snc(Cl)c2C#N)CCO1. The Morgan fingerprint density at radius 2 is 2.30 bits per heavy atom. The topological polar surface area (TPSA) is 57.9 Å². The third kappa shape index (κ3) is 3.43. The average molecular weight is 314 g/mol. The Morgan fingerprint density at radius 1 is 1.55 bits per heavy atom. The highest BCUT2D eigenvalue weighted by Gasteiger charge is 2.28. The summed E-state index contributed by atoms with van der Waals surface area (Å²) in [7, 11) is 0. The van der Waals surface area contributed by atoms with Crippen LogP contribution in [0.1, 0.15) is 45.1 Å². The number of hydrogen-bond acceptors (Lipinski definition) is 5. The summed E-state index contributed by atoms with van der Waals surface area (Å²) in [6.45, 7) is 5.20. The molecule has 2 unspecified atom stereocenters. The molecule has 1 aliphatic heterocycles. The first-order chi connectivity index (χ1) is 9.69. The standard InChI is InChI=1S/C14H20ClN3OS/c1-3-9(4-2)12-7-10(5-6-19-12)17-14-11(8-16)13(15)18-20-14/h9-10,12,17H,3-7H2,1-2H3. The van der Waals surface area contributed by atoms with Gasteiger partial charge >= 0.3 is 0 Å². The number of nitrogens with zero attached hydrogens (tertiary/aromatic N) is 2. The molecule has 0 aromatic carbocycles.